The molecule has 1 aliphatic heterocycles. The van der Waals surface area contributed by atoms with E-state index in [1.807, 2.05) is 18.6 Å². The van der Waals surface area contributed by atoms with Crippen molar-refractivity contribution in [1.82, 2.24) is 4.98 Å². The maximum absolute atomic E-state index is 4.51. The van der Waals surface area contributed by atoms with Crippen molar-refractivity contribution in [1.29, 1.82) is 0 Å². The first kappa shape index (κ1) is 26.2. The molecule has 8 rings (SSSR count). The lowest BCUT2D eigenvalue weighted by molar-refractivity contribution is 1.29. The zero-order valence-corrected chi connectivity index (χ0v) is 24.9. The van der Waals surface area contributed by atoms with Gasteiger partial charge >= 0.3 is 0 Å². The third kappa shape index (κ3) is 4.47. The Morgan fingerprint density at radius 2 is 1.09 bits per heavy atom. The van der Waals surface area contributed by atoms with Crippen LogP contribution in [0.1, 0.15) is 18.1 Å². The maximum atomic E-state index is 4.51. The van der Waals surface area contributed by atoms with E-state index in [2.05, 4.69) is 145 Å². The van der Waals surface area contributed by atoms with E-state index >= 15 is 0 Å². The second-order valence-corrected chi connectivity index (χ2v) is 11.7. The quantitative estimate of drug-likeness (QED) is 0.196. The largest absolute Gasteiger partial charge is 0.687 e. The zero-order valence-electron chi connectivity index (χ0n) is 24.9. The minimum absolute atomic E-state index is 0.727. The lowest BCUT2D eigenvalue weighted by Crippen LogP contribution is -1.97. The summed E-state index contributed by atoms with van der Waals surface area (Å²) in [5.41, 5.74) is 12.2. The molecule has 0 amide bonds. The van der Waals surface area contributed by atoms with Crippen LogP contribution in [0.3, 0.4) is 0 Å². The van der Waals surface area contributed by atoms with Gasteiger partial charge in [-0.3, -0.25) is 4.98 Å². The molecule has 0 atom stereocenters. The fraction of sp³-hybridized carbons (Fsp3) is 0.0714. The van der Waals surface area contributed by atoms with E-state index in [4.69, 9.17) is 0 Å². The number of rotatable bonds is 4. The van der Waals surface area contributed by atoms with Crippen molar-refractivity contribution < 1.29 is 0 Å². The van der Waals surface area contributed by atoms with E-state index in [1.54, 1.807) is 0 Å². The van der Waals surface area contributed by atoms with Gasteiger partial charge in [0.15, 0.2) is 0 Å². The number of aromatic nitrogens is 1. The van der Waals surface area contributed by atoms with Crippen LogP contribution >= 0.6 is 0 Å². The Labute approximate surface area is 258 Å². The standard InChI is InChI=1S/C42H31N2/c1-27-17-19-43-25-41(27)33-9-5-7-29(21-33)31-13-15-37-35-11-3-4-12-36(35)38-16-14-32(24-40(38)39(37)23-31)30-8-6-10-34(22-30)42-26-44-20-18-28(42)2/h3-25H,26H2,1-2H3/q-1. The van der Waals surface area contributed by atoms with Crippen LogP contribution in [-0.4, -0.2) is 11.5 Å². The molecule has 0 unspecified atom stereocenters. The summed E-state index contributed by atoms with van der Waals surface area (Å²) in [4.78, 5) is 4.39. The smallest absolute Gasteiger partial charge is 0.0349 e. The van der Waals surface area contributed by atoms with E-state index in [0.717, 1.165) is 6.54 Å². The Balaban J connectivity index is 1.32. The number of fused-ring (bicyclic) bond motifs is 6. The average molecular weight is 564 g/mol. The number of pyridine rings is 1. The van der Waals surface area contributed by atoms with E-state index in [1.165, 1.54) is 88.0 Å². The molecule has 2 heteroatoms. The third-order valence-corrected chi connectivity index (χ3v) is 9.08. The van der Waals surface area contributed by atoms with E-state index in [0.29, 0.717) is 0 Å². The Morgan fingerprint density at radius 1 is 0.523 bits per heavy atom. The van der Waals surface area contributed by atoms with Gasteiger partial charge in [0.2, 0.25) is 0 Å². The Kier molecular flexibility index (Phi) is 6.34. The Morgan fingerprint density at radius 3 is 1.73 bits per heavy atom. The van der Waals surface area contributed by atoms with Crippen LogP contribution in [0.4, 0.5) is 0 Å². The van der Waals surface area contributed by atoms with Crippen molar-refractivity contribution in [2.45, 2.75) is 13.8 Å². The number of nitrogens with zero attached hydrogens (tertiary/aromatic N) is 2. The predicted octanol–water partition coefficient (Wildman–Crippen LogP) is 11.5. The highest BCUT2D eigenvalue weighted by atomic mass is 14.8. The monoisotopic (exact) mass is 563 g/mol. The van der Waals surface area contributed by atoms with E-state index < -0.39 is 0 Å². The molecule has 0 saturated heterocycles. The topological polar surface area (TPSA) is 27.0 Å². The summed E-state index contributed by atoms with van der Waals surface area (Å²) in [6.07, 6.45) is 7.83. The van der Waals surface area contributed by atoms with Gasteiger partial charge in [0.25, 0.3) is 0 Å². The van der Waals surface area contributed by atoms with Crippen molar-refractivity contribution in [3.8, 4) is 33.4 Å². The summed E-state index contributed by atoms with van der Waals surface area (Å²) in [5.74, 6) is 0. The second kappa shape index (κ2) is 10.7. The zero-order chi connectivity index (χ0) is 29.6. The van der Waals surface area contributed by atoms with Crippen molar-refractivity contribution in [3.63, 3.8) is 0 Å². The molecule has 0 spiro atoms. The first-order valence-corrected chi connectivity index (χ1v) is 15.2. The second-order valence-electron chi connectivity index (χ2n) is 11.7. The lowest BCUT2D eigenvalue weighted by atomic mass is 9.89. The van der Waals surface area contributed by atoms with Crippen molar-refractivity contribution in [2.75, 3.05) is 6.54 Å². The van der Waals surface area contributed by atoms with Gasteiger partial charge in [-0.05, 0) is 115 Å². The van der Waals surface area contributed by atoms with E-state index in [-0.39, 0.29) is 0 Å². The van der Waals surface area contributed by atoms with Gasteiger partial charge in [-0.15, -0.1) is 6.54 Å². The fourth-order valence-corrected chi connectivity index (χ4v) is 6.69. The van der Waals surface area contributed by atoms with Gasteiger partial charge in [-0.25, -0.2) is 0 Å². The number of aryl methyl sites for hydroxylation is 1. The van der Waals surface area contributed by atoms with Gasteiger partial charge < -0.3 is 5.32 Å². The molecule has 44 heavy (non-hydrogen) atoms. The molecule has 1 aliphatic rings. The molecule has 210 valence electrons. The van der Waals surface area contributed by atoms with Gasteiger partial charge in [-0.1, -0.05) is 102 Å². The minimum Gasteiger partial charge on any atom is -0.687 e. The minimum atomic E-state index is 0.727. The van der Waals surface area contributed by atoms with Crippen LogP contribution in [0, 0.1) is 6.92 Å². The van der Waals surface area contributed by atoms with Crippen LogP contribution in [0.2, 0.25) is 0 Å². The van der Waals surface area contributed by atoms with E-state index in [9.17, 15) is 0 Å². The third-order valence-electron chi connectivity index (χ3n) is 9.08. The summed E-state index contributed by atoms with van der Waals surface area (Å²) < 4.78 is 0. The Bertz CT molecular complexity index is 2300. The predicted molar refractivity (Wildman–Crippen MR) is 188 cm³/mol. The molecule has 0 N–H and O–H groups in total. The van der Waals surface area contributed by atoms with Crippen LogP contribution < -0.4 is 0 Å². The van der Waals surface area contributed by atoms with Crippen molar-refractivity contribution >= 4 is 37.9 Å². The van der Waals surface area contributed by atoms with Crippen molar-refractivity contribution in [3.05, 3.63) is 162 Å². The Hall–Kier alpha value is -5.47. The summed E-state index contributed by atoms with van der Waals surface area (Å²) in [5, 5.41) is 12.2. The molecule has 2 nitrogen and oxygen atoms in total. The summed E-state index contributed by atoms with van der Waals surface area (Å²) in [6.45, 7) is 5.04. The molecule has 6 aromatic carbocycles. The summed E-state index contributed by atoms with van der Waals surface area (Å²) >= 11 is 0. The first-order valence-electron chi connectivity index (χ1n) is 15.2. The molecule has 0 saturated carbocycles. The molecule has 0 radical (unpaired) electrons. The molecule has 7 aromatic rings. The maximum Gasteiger partial charge on any atom is 0.0349 e. The number of allylic oxidation sites excluding steroid dienone is 2. The highest BCUT2D eigenvalue weighted by Crippen LogP contribution is 2.40. The molecular weight excluding hydrogens is 532 g/mol. The average Bonchev–Trinajstić information content (AvgIpc) is 3.08. The van der Waals surface area contributed by atoms with Gasteiger partial charge in [-0.2, -0.15) is 6.20 Å². The number of hydrogen-bond donors (Lipinski definition) is 0. The highest BCUT2D eigenvalue weighted by Gasteiger charge is 2.13. The summed E-state index contributed by atoms with van der Waals surface area (Å²) in [7, 11) is 0. The van der Waals surface area contributed by atoms with Crippen LogP contribution in [0.25, 0.3) is 76.6 Å². The SMILES string of the molecule is CC1=C(c2cccc(-c3ccc4c5ccccc5c5ccc(-c6cccc(-c7cnccc7C)c6)cc5c4c3)c2)C[N-]C=C1. The van der Waals surface area contributed by atoms with Crippen molar-refractivity contribution in [2.24, 2.45) is 0 Å². The summed E-state index contributed by atoms with van der Waals surface area (Å²) in [6, 6.07) is 42.5. The molecule has 0 bridgehead atoms. The molecule has 1 aromatic heterocycles. The molecular formula is C42H31N2-. The normalized spacial score (nSPS) is 13.1. The number of hydrogen-bond acceptors (Lipinski definition) is 1. The molecule has 0 aliphatic carbocycles. The lowest BCUT2D eigenvalue weighted by Gasteiger charge is -2.25. The molecule has 2 heterocycles. The van der Waals surface area contributed by atoms with Crippen LogP contribution in [0.5, 0.6) is 0 Å². The number of benzene rings is 6. The molecule has 0 fully saturated rings. The fourth-order valence-electron chi connectivity index (χ4n) is 6.69. The van der Waals surface area contributed by atoms with Gasteiger partial charge in [0.1, 0.15) is 0 Å². The van der Waals surface area contributed by atoms with Gasteiger partial charge in [0.05, 0.1) is 0 Å². The van der Waals surface area contributed by atoms with Gasteiger partial charge in [0, 0.05) is 18.0 Å². The van der Waals surface area contributed by atoms with Crippen LogP contribution in [-0.2, 0) is 0 Å². The van der Waals surface area contributed by atoms with Crippen LogP contribution in [0.15, 0.2) is 146 Å². The highest BCUT2D eigenvalue weighted by molar-refractivity contribution is 6.26. The first-order chi connectivity index (χ1) is 21.6.